The molecule has 0 fully saturated rings. The van der Waals surface area contributed by atoms with E-state index in [2.05, 4.69) is 48.3 Å². The monoisotopic (exact) mass is 516 g/mol. The van der Waals surface area contributed by atoms with Gasteiger partial charge in [-0.05, 0) is 74.4 Å². The highest BCUT2D eigenvalue weighted by atomic mass is 16.5. The minimum atomic E-state index is -0.457. The molecule has 1 aliphatic heterocycles. The van der Waals surface area contributed by atoms with Gasteiger partial charge in [0.15, 0.2) is 5.78 Å². The van der Waals surface area contributed by atoms with Gasteiger partial charge >= 0.3 is 5.97 Å². The molecule has 0 saturated heterocycles. The van der Waals surface area contributed by atoms with Crippen LogP contribution < -0.4 is 15.0 Å². The Bertz CT molecular complexity index is 1220. The van der Waals surface area contributed by atoms with Crippen molar-refractivity contribution in [2.75, 3.05) is 31.7 Å². The van der Waals surface area contributed by atoms with Gasteiger partial charge < -0.3 is 19.7 Å². The highest BCUT2D eigenvalue weighted by Gasteiger charge is 2.41. The van der Waals surface area contributed by atoms with Gasteiger partial charge in [-0.25, -0.2) is 4.79 Å². The van der Waals surface area contributed by atoms with Crippen molar-refractivity contribution in [1.29, 1.82) is 0 Å². The average molecular weight is 517 g/mol. The van der Waals surface area contributed by atoms with Crippen LogP contribution in [0.4, 0.5) is 5.69 Å². The van der Waals surface area contributed by atoms with Gasteiger partial charge in [0.05, 0.1) is 19.3 Å². The summed E-state index contributed by atoms with van der Waals surface area (Å²) in [6.45, 7) is 12.4. The van der Waals surface area contributed by atoms with E-state index in [1.54, 1.807) is 7.11 Å². The number of carbonyl (C=O) groups is 2. The number of ether oxygens (including phenoxy) is 2. The molecule has 2 aromatic carbocycles. The van der Waals surface area contributed by atoms with E-state index in [1.807, 2.05) is 45.0 Å². The number of ketones is 1. The van der Waals surface area contributed by atoms with Crippen molar-refractivity contribution >= 4 is 17.4 Å². The SMILES string of the molecule is CCN(CC)c1ccc([C@H]2C(C(=O)OCC(C)C)=C(C)NC3=C2C(=O)C[C@H](c2ccc(OC)cc2)C3)cc1. The van der Waals surface area contributed by atoms with E-state index in [0.29, 0.717) is 30.6 Å². The molecule has 0 radical (unpaired) electrons. The number of anilines is 1. The number of dihydropyridines is 1. The number of rotatable bonds is 9. The summed E-state index contributed by atoms with van der Waals surface area (Å²) in [5.41, 5.74) is 6.03. The molecule has 1 heterocycles. The van der Waals surface area contributed by atoms with Gasteiger partial charge in [0, 0.05) is 48.1 Å². The molecule has 0 saturated carbocycles. The predicted molar refractivity (Wildman–Crippen MR) is 151 cm³/mol. The molecule has 6 heteroatoms. The number of methoxy groups -OCH3 is 1. The van der Waals surface area contributed by atoms with Crippen LogP contribution in [0, 0.1) is 5.92 Å². The number of carbonyl (C=O) groups excluding carboxylic acids is 2. The third-order valence-electron chi connectivity index (χ3n) is 7.54. The molecule has 0 amide bonds. The van der Waals surface area contributed by atoms with Crippen LogP contribution in [-0.2, 0) is 14.3 Å². The fraction of sp³-hybridized carbons (Fsp3) is 0.438. The molecular formula is C32H40N2O4. The van der Waals surface area contributed by atoms with Crippen molar-refractivity contribution < 1.29 is 19.1 Å². The number of allylic oxidation sites excluding steroid dienone is 3. The number of benzene rings is 2. The van der Waals surface area contributed by atoms with E-state index < -0.39 is 5.92 Å². The molecule has 0 unspecified atom stereocenters. The zero-order valence-electron chi connectivity index (χ0n) is 23.5. The molecule has 4 rings (SSSR count). The summed E-state index contributed by atoms with van der Waals surface area (Å²) in [7, 11) is 1.65. The highest BCUT2D eigenvalue weighted by molar-refractivity contribution is 6.04. The van der Waals surface area contributed by atoms with Crippen molar-refractivity contribution in [1.82, 2.24) is 5.32 Å². The second kappa shape index (κ2) is 11.9. The quantitative estimate of drug-likeness (QED) is 0.406. The number of esters is 1. The van der Waals surface area contributed by atoms with Crippen molar-refractivity contribution in [2.24, 2.45) is 5.92 Å². The van der Waals surface area contributed by atoms with Crippen LogP contribution in [0.25, 0.3) is 0 Å². The Balaban J connectivity index is 1.74. The lowest BCUT2D eigenvalue weighted by Gasteiger charge is -2.37. The Morgan fingerprint density at radius 2 is 1.63 bits per heavy atom. The summed E-state index contributed by atoms with van der Waals surface area (Å²) in [5, 5.41) is 3.44. The Morgan fingerprint density at radius 3 is 2.21 bits per heavy atom. The van der Waals surface area contributed by atoms with E-state index in [0.717, 1.165) is 47.0 Å². The molecule has 1 N–H and O–H groups in total. The second-order valence-electron chi connectivity index (χ2n) is 10.5. The van der Waals surface area contributed by atoms with E-state index in [1.165, 1.54) is 0 Å². The summed E-state index contributed by atoms with van der Waals surface area (Å²) < 4.78 is 11.0. The molecule has 2 atom stereocenters. The number of nitrogens with zero attached hydrogens (tertiary/aromatic N) is 1. The first-order valence-corrected chi connectivity index (χ1v) is 13.7. The fourth-order valence-electron chi connectivity index (χ4n) is 5.54. The van der Waals surface area contributed by atoms with E-state index in [4.69, 9.17) is 9.47 Å². The molecule has 1 aliphatic carbocycles. The lowest BCUT2D eigenvalue weighted by Crippen LogP contribution is -2.36. The van der Waals surface area contributed by atoms with Crippen LogP contribution >= 0.6 is 0 Å². The summed E-state index contributed by atoms with van der Waals surface area (Å²) in [5.74, 6) is 0.327. The molecular weight excluding hydrogens is 476 g/mol. The Kier molecular flexibility index (Phi) is 8.60. The Hall–Kier alpha value is -3.54. The van der Waals surface area contributed by atoms with Gasteiger partial charge in [0.2, 0.25) is 0 Å². The molecule has 38 heavy (non-hydrogen) atoms. The van der Waals surface area contributed by atoms with Gasteiger partial charge in [-0.2, -0.15) is 0 Å². The van der Waals surface area contributed by atoms with Crippen molar-refractivity contribution in [3.8, 4) is 5.75 Å². The molecule has 0 bridgehead atoms. The zero-order valence-corrected chi connectivity index (χ0v) is 23.5. The normalized spacial score (nSPS) is 19.3. The molecule has 2 aromatic rings. The zero-order chi connectivity index (χ0) is 27.4. The third-order valence-corrected chi connectivity index (χ3v) is 7.54. The number of hydrogen-bond acceptors (Lipinski definition) is 6. The van der Waals surface area contributed by atoms with E-state index >= 15 is 0 Å². The topological polar surface area (TPSA) is 67.9 Å². The van der Waals surface area contributed by atoms with E-state index in [9.17, 15) is 9.59 Å². The average Bonchev–Trinajstić information content (AvgIpc) is 2.92. The van der Waals surface area contributed by atoms with Crippen LogP contribution in [-0.4, -0.2) is 38.6 Å². The van der Waals surface area contributed by atoms with Gasteiger partial charge in [0.1, 0.15) is 5.75 Å². The summed E-state index contributed by atoms with van der Waals surface area (Å²) in [6.07, 6.45) is 1.10. The Labute approximate surface area is 226 Å². The van der Waals surface area contributed by atoms with Crippen LogP contribution in [0.15, 0.2) is 71.1 Å². The van der Waals surface area contributed by atoms with Gasteiger partial charge in [-0.15, -0.1) is 0 Å². The molecule has 0 spiro atoms. The third kappa shape index (κ3) is 5.64. The summed E-state index contributed by atoms with van der Waals surface area (Å²) in [4.78, 5) is 29.5. The van der Waals surface area contributed by atoms with Gasteiger partial charge in [-0.1, -0.05) is 38.1 Å². The summed E-state index contributed by atoms with van der Waals surface area (Å²) in [6, 6.07) is 16.2. The van der Waals surface area contributed by atoms with Crippen LogP contribution in [0.3, 0.4) is 0 Å². The van der Waals surface area contributed by atoms with Crippen molar-refractivity contribution in [2.45, 2.75) is 59.3 Å². The predicted octanol–water partition coefficient (Wildman–Crippen LogP) is 6.10. The first-order valence-electron chi connectivity index (χ1n) is 13.7. The number of hydrogen-bond donors (Lipinski definition) is 1. The molecule has 6 nitrogen and oxygen atoms in total. The highest BCUT2D eigenvalue weighted by Crippen LogP contribution is 2.46. The van der Waals surface area contributed by atoms with E-state index in [-0.39, 0.29) is 23.6 Å². The fourth-order valence-corrected chi connectivity index (χ4v) is 5.54. The maximum Gasteiger partial charge on any atom is 0.336 e. The number of Topliss-reactive ketones (excluding diaryl/α,β-unsaturated/α-hetero) is 1. The first kappa shape index (κ1) is 27.5. The second-order valence-corrected chi connectivity index (χ2v) is 10.5. The minimum absolute atomic E-state index is 0.0626. The lowest BCUT2D eigenvalue weighted by molar-refractivity contribution is -0.140. The number of nitrogens with one attached hydrogen (secondary N) is 1. The minimum Gasteiger partial charge on any atom is -0.497 e. The maximum atomic E-state index is 13.8. The van der Waals surface area contributed by atoms with Crippen LogP contribution in [0.5, 0.6) is 5.75 Å². The standard InChI is InChI=1S/C32H40N2O4/c1-7-34(8-2)25-13-9-23(10-14-25)30-29(32(36)38-19-20(3)4)21(5)33-27-17-24(18-28(35)31(27)30)22-11-15-26(37-6)16-12-22/h9-16,20,24,30,33H,7-8,17-19H2,1-6H3/t24-,30+/m1/s1. The van der Waals surface area contributed by atoms with Crippen molar-refractivity contribution in [3.63, 3.8) is 0 Å². The maximum absolute atomic E-state index is 13.8. The van der Waals surface area contributed by atoms with Crippen LogP contribution in [0.1, 0.15) is 70.4 Å². The van der Waals surface area contributed by atoms with Crippen LogP contribution in [0.2, 0.25) is 0 Å². The smallest absolute Gasteiger partial charge is 0.336 e. The lowest BCUT2D eigenvalue weighted by atomic mass is 9.71. The molecule has 2 aliphatic rings. The molecule has 202 valence electrons. The van der Waals surface area contributed by atoms with Gasteiger partial charge in [0.25, 0.3) is 0 Å². The Morgan fingerprint density at radius 1 is 1.00 bits per heavy atom. The van der Waals surface area contributed by atoms with Gasteiger partial charge in [-0.3, -0.25) is 4.79 Å². The molecule has 0 aromatic heterocycles. The first-order chi connectivity index (χ1) is 18.3. The van der Waals surface area contributed by atoms with Crippen molar-refractivity contribution in [3.05, 3.63) is 82.2 Å². The summed E-state index contributed by atoms with van der Waals surface area (Å²) >= 11 is 0. The largest absolute Gasteiger partial charge is 0.497 e.